The molecule has 3 heterocycles. The van der Waals surface area contributed by atoms with Crippen LogP contribution in [0.4, 0.5) is 24.8 Å². The fourth-order valence-corrected chi connectivity index (χ4v) is 5.65. The number of carbonyl (C=O) groups is 1. The van der Waals surface area contributed by atoms with E-state index in [9.17, 15) is 18.0 Å². The van der Waals surface area contributed by atoms with Crippen LogP contribution in [0, 0.1) is 5.41 Å². The van der Waals surface area contributed by atoms with Crippen molar-refractivity contribution >= 4 is 40.9 Å². The third kappa shape index (κ3) is 4.45. The lowest BCUT2D eigenvalue weighted by molar-refractivity contribution is -0.141. The van der Waals surface area contributed by atoms with Gasteiger partial charge in [-0.1, -0.05) is 36.2 Å². The Kier molecular flexibility index (Phi) is 6.15. The Bertz CT molecular complexity index is 1030. The molecule has 0 bridgehead atoms. The van der Waals surface area contributed by atoms with Crippen molar-refractivity contribution in [1.82, 2.24) is 15.0 Å². The van der Waals surface area contributed by atoms with E-state index in [-0.39, 0.29) is 21.4 Å². The number of aromatic nitrogens is 3. The standard InChI is InChI=1S/C20H22ClF3N6OS/c21-12-11(3-8-27-14(12)20(22,23)24)32-18-15(25)29-17(13(28-18)16(26)31)30-9-6-19(7-10-30)4-1-2-5-19/h3,8H,1-2,4-7,9-10H2,(H2,25,29)(H2,26,31). The van der Waals surface area contributed by atoms with E-state index in [1.54, 1.807) is 0 Å². The molecule has 172 valence electrons. The Morgan fingerprint density at radius 1 is 1.16 bits per heavy atom. The maximum absolute atomic E-state index is 13.1. The van der Waals surface area contributed by atoms with Crippen molar-refractivity contribution in [3.05, 3.63) is 28.7 Å². The number of alkyl halides is 3. The third-order valence-electron chi connectivity index (χ3n) is 6.22. The van der Waals surface area contributed by atoms with Gasteiger partial charge in [0, 0.05) is 24.2 Å². The van der Waals surface area contributed by atoms with E-state index in [1.165, 1.54) is 31.7 Å². The van der Waals surface area contributed by atoms with E-state index in [0.717, 1.165) is 30.8 Å². The molecular weight excluding hydrogens is 465 g/mol. The molecule has 2 aliphatic rings. The van der Waals surface area contributed by atoms with E-state index in [4.69, 9.17) is 23.1 Å². The lowest BCUT2D eigenvalue weighted by Gasteiger charge is -2.40. The molecule has 4 rings (SSSR count). The summed E-state index contributed by atoms with van der Waals surface area (Å²) in [6.07, 6.45) is 3.22. The monoisotopic (exact) mass is 486 g/mol. The minimum absolute atomic E-state index is 0.0161. The zero-order valence-electron chi connectivity index (χ0n) is 17.1. The van der Waals surface area contributed by atoms with Gasteiger partial charge in [0.2, 0.25) is 0 Å². The molecule has 1 saturated carbocycles. The van der Waals surface area contributed by atoms with Crippen LogP contribution in [0.1, 0.15) is 54.7 Å². The van der Waals surface area contributed by atoms with Gasteiger partial charge in [-0.05, 0) is 37.2 Å². The number of hydrogen-bond donors (Lipinski definition) is 2. The number of nitrogens with two attached hydrogens (primary N) is 2. The van der Waals surface area contributed by atoms with Crippen LogP contribution < -0.4 is 16.4 Å². The van der Waals surface area contributed by atoms with Crippen LogP contribution in [0.3, 0.4) is 0 Å². The summed E-state index contributed by atoms with van der Waals surface area (Å²) in [5.74, 6) is -0.492. The topological polar surface area (TPSA) is 111 Å². The number of piperidine rings is 1. The number of rotatable bonds is 4. The molecule has 32 heavy (non-hydrogen) atoms. The summed E-state index contributed by atoms with van der Waals surface area (Å²) in [5.41, 5.74) is 10.7. The van der Waals surface area contributed by atoms with Crippen molar-refractivity contribution in [1.29, 1.82) is 0 Å². The number of nitrogen functional groups attached to an aromatic ring is 1. The molecule has 0 atom stereocenters. The molecule has 1 saturated heterocycles. The molecule has 0 aromatic carbocycles. The van der Waals surface area contributed by atoms with Gasteiger partial charge in [-0.15, -0.1) is 0 Å². The number of carbonyl (C=O) groups excluding carboxylic acids is 1. The Hall–Kier alpha value is -2.27. The summed E-state index contributed by atoms with van der Waals surface area (Å²) < 4.78 is 39.3. The molecular formula is C20H22ClF3N6OS. The molecule has 2 aromatic rings. The zero-order valence-corrected chi connectivity index (χ0v) is 18.7. The van der Waals surface area contributed by atoms with Gasteiger partial charge in [0.15, 0.2) is 23.0 Å². The summed E-state index contributed by atoms with van der Waals surface area (Å²) in [7, 11) is 0. The van der Waals surface area contributed by atoms with Crippen LogP contribution in [0.15, 0.2) is 22.2 Å². The Labute approximate surface area is 192 Å². The fraction of sp³-hybridized carbons (Fsp3) is 0.500. The Morgan fingerprint density at radius 2 is 1.81 bits per heavy atom. The van der Waals surface area contributed by atoms with Crippen molar-refractivity contribution in [3.8, 4) is 0 Å². The summed E-state index contributed by atoms with van der Waals surface area (Å²) in [6, 6.07) is 1.31. The molecule has 2 fully saturated rings. The smallest absolute Gasteiger partial charge is 0.381 e. The van der Waals surface area contributed by atoms with E-state index < -0.39 is 22.8 Å². The van der Waals surface area contributed by atoms with Gasteiger partial charge in [-0.25, -0.2) is 9.97 Å². The summed E-state index contributed by atoms with van der Waals surface area (Å²) in [6.45, 7) is 1.43. The lowest BCUT2D eigenvalue weighted by atomic mass is 9.77. The number of pyridine rings is 1. The quantitative estimate of drug-likeness (QED) is 0.652. The minimum Gasteiger partial charge on any atom is -0.381 e. The van der Waals surface area contributed by atoms with Crippen LogP contribution in [0.2, 0.25) is 5.02 Å². The molecule has 1 amide bonds. The second-order valence-electron chi connectivity index (χ2n) is 8.22. The second kappa shape index (κ2) is 8.58. The van der Waals surface area contributed by atoms with Crippen LogP contribution in [0.25, 0.3) is 0 Å². The molecule has 1 spiro atoms. The van der Waals surface area contributed by atoms with Gasteiger partial charge in [0.1, 0.15) is 5.03 Å². The largest absolute Gasteiger partial charge is 0.434 e. The molecule has 0 radical (unpaired) electrons. The average Bonchev–Trinajstić information content (AvgIpc) is 3.18. The molecule has 7 nitrogen and oxygen atoms in total. The number of halogens is 4. The van der Waals surface area contributed by atoms with Crippen molar-refractivity contribution in [2.24, 2.45) is 11.1 Å². The van der Waals surface area contributed by atoms with Gasteiger partial charge in [-0.3, -0.25) is 9.78 Å². The first-order chi connectivity index (χ1) is 15.1. The highest BCUT2D eigenvalue weighted by Gasteiger charge is 2.38. The normalized spacial score (nSPS) is 18.3. The second-order valence-corrected chi connectivity index (χ2v) is 9.62. The summed E-state index contributed by atoms with van der Waals surface area (Å²) in [4.78, 5) is 26.1. The van der Waals surface area contributed by atoms with Gasteiger partial charge >= 0.3 is 6.18 Å². The number of amides is 1. The molecule has 2 aromatic heterocycles. The van der Waals surface area contributed by atoms with Crippen LogP contribution in [-0.4, -0.2) is 33.9 Å². The molecule has 1 aliphatic heterocycles. The maximum Gasteiger partial charge on any atom is 0.434 e. The average molecular weight is 487 g/mol. The fourth-order valence-electron chi connectivity index (χ4n) is 4.51. The van der Waals surface area contributed by atoms with E-state index in [0.29, 0.717) is 24.3 Å². The van der Waals surface area contributed by atoms with Crippen LogP contribution in [0.5, 0.6) is 0 Å². The SMILES string of the molecule is NC(=O)c1nc(Sc2ccnc(C(F)(F)F)c2Cl)c(N)nc1N1CCC2(CCCC2)CC1. The maximum atomic E-state index is 13.1. The number of anilines is 2. The Balaban J connectivity index is 1.62. The summed E-state index contributed by atoms with van der Waals surface area (Å²) >= 11 is 6.69. The highest BCUT2D eigenvalue weighted by Crippen LogP contribution is 2.47. The first kappa shape index (κ1) is 22.9. The van der Waals surface area contributed by atoms with Gasteiger partial charge in [-0.2, -0.15) is 13.2 Å². The van der Waals surface area contributed by atoms with Crippen molar-refractivity contribution in [2.45, 2.75) is 54.6 Å². The molecule has 1 aliphatic carbocycles. The number of primary amides is 1. The highest BCUT2D eigenvalue weighted by molar-refractivity contribution is 7.99. The van der Waals surface area contributed by atoms with E-state index >= 15 is 0 Å². The summed E-state index contributed by atoms with van der Waals surface area (Å²) in [5, 5.41) is -0.526. The van der Waals surface area contributed by atoms with Gasteiger partial charge in [0.25, 0.3) is 5.91 Å². The highest BCUT2D eigenvalue weighted by atomic mass is 35.5. The number of nitrogens with zero attached hydrogens (tertiary/aromatic N) is 4. The molecule has 4 N–H and O–H groups in total. The van der Waals surface area contributed by atoms with Gasteiger partial charge in [0.05, 0.1) is 5.02 Å². The lowest BCUT2D eigenvalue weighted by Crippen LogP contribution is -2.40. The first-order valence-electron chi connectivity index (χ1n) is 10.2. The minimum atomic E-state index is -4.71. The van der Waals surface area contributed by atoms with Crippen molar-refractivity contribution in [3.63, 3.8) is 0 Å². The third-order valence-corrected chi connectivity index (χ3v) is 7.77. The van der Waals surface area contributed by atoms with Crippen molar-refractivity contribution < 1.29 is 18.0 Å². The van der Waals surface area contributed by atoms with Crippen molar-refractivity contribution in [2.75, 3.05) is 23.7 Å². The van der Waals surface area contributed by atoms with E-state index in [2.05, 4.69) is 15.0 Å². The van der Waals surface area contributed by atoms with E-state index in [1.807, 2.05) is 4.90 Å². The van der Waals surface area contributed by atoms with Crippen LogP contribution in [-0.2, 0) is 6.18 Å². The van der Waals surface area contributed by atoms with Crippen LogP contribution >= 0.6 is 23.4 Å². The predicted molar refractivity (Wildman–Crippen MR) is 116 cm³/mol. The molecule has 0 unspecified atom stereocenters. The predicted octanol–water partition coefficient (Wildman–Crippen LogP) is 4.54. The van der Waals surface area contributed by atoms with Gasteiger partial charge < -0.3 is 16.4 Å². The number of hydrogen-bond acceptors (Lipinski definition) is 7. The zero-order chi connectivity index (χ0) is 23.1. The molecule has 12 heteroatoms. The Morgan fingerprint density at radius 3 is 2.41 bits per heavy atom. The first-order valence-corrected chi connectivity index (χ1v) is 11.4.